The molecule has 0 radical (unpaired) electrons. The Morgan fingerprint density at radius 1 is 0.704 bits per heavy atom. The van der Waals surface area contributed by atoms with Crippen molar-refractivity contribution >= 4 is 0 Å². The lowest BCUT2D eigenvalue weighted by atomic mass is 9.99. The third-order valence-corrected chi connectivity index (χ3v) is 5.27. The summed E-state index contributed by atoms with van der Waals surface area (Å²) in [7, 11) is 2.12. The summed E-state index contributed by atoms with van der Waals surface area (Å²) in [5.74, 6) is 1.20. The topological polar surface area (TPSA) is 8.81 Å². The van der Waals surface area contributed by atoms with Crippen LogP contribution in [0.2, 0.25) is 0 Å². The van der Waals surface area contributed by atoms with Crippen LogP contribution in [0.1, 0.15) is 16.7 Å². The second-order valence-electron chi connectivity index (χ2n) is 7.24. The van der Waals surface area contributed by atoms with Crippen molar-refractivity contribution in [3.05, 3.63) is 95.8 Å². The summed E-state index contributed by atoms with van der Waals surface area (Å²) in [4.78, 5) is 0. The molecule has 0 amide bonds. The van der Waals surface area contributed by atoms with Gasteiger partial charge in [-0.1, -0.05) is 60.7 Å². The van der Waals surface area contributed by atoms with E-state index in [1.165, 1.54) is 44.9 Å². The van der Waals surface area contributed by atoms with Gasteiger partial charge in [-0.3, -0.25) is 0 Å². The van der Waals surface area contributed by atoms with Crippen LogP contribution >= 0.6 is 0 Å². The molecule has 0 N–H and O–H groups in total. The minimum Gasteiger partial charge on any atom is -0.232 e. The van der Waals surface area contributed by atoms with Gasteiger partial charge in [0.25, 0.3) is 5.82 Å². The lowest BCUT2D eigenvalue weighted by Gasteiger charge is -2.11. The highest BCUT2D eigenvalue weighted by atomic mass is 15.1. The molecule has 0 saturated carbocycles. The van der Waals surface area contributed by atoms with Crippen molar-refractivity contribution in [1.82, 2.24) is 4.57 Å². The SMILES string of the molecule is Cc1ccc(-c2ccccc2)cc1-c1n(-c2c(C)cccc2C)cc[n+]1C. The van der Waals surface area contributed by atoms with E-state index in [4.69, 9.17) is 0 Å². The molecule has 2 nitrogen and oxygen atoms in total. The zero-order chi connectivity index (χ0) is 19.0. The Kier molecular flexibility index (Phi) is 4.41. The fourth-order valence-electron chi connectivity index (χ4n) is 3.84. The summed E-state index contributed by atoms with van der Waals surface area (Å²) in [5, 5.41) is 0. The van der Waals surface area contributed by atoms with Crippen LogP contribution in [0, 0.1) is 20.8 Å². The second-order valence-corrected chi connectivity index (χ2v) is 7.24. The zero-order valence-electron chi connectivity index (χ0n) is 16.4. The molecule has 4 rings (SSSR count). The van der Waals surface area contributed by atoms with Gasteiger partial charge in [0.15, 0.2) is 0 Å². The van der Waals surface area contributed by atoms with Gasteiger partial charge in [0, 0.05) is 0 Å². The Morgan fingerprint density at radius 3 is 2.11 bits per heavy atom. The minimum absolute atomic E-state index is 1.20. The minimum atomic E-state index is 1.20. The summed E-state index contributed by atoms with van der Waals surface area (Å²) in [6.07, 6.45) is 4.30. The van der Waals surface area contributed by atoms with Crippen LogP contribution in [0.5, 0.6) is 0 Å². The summed E-state index contributed by atoms with van der Waals surface area (Å²) >= 11 is 0. The van der Waals surface area contributed by atoms with Crippen LogP contribution in [0.3, 0.4) is 0 Å². The van der Waals surface area contributed by atoms with E-state index in [2.05, 4.69) is 116 Å². The van der Waals surface area contributed by atoms with Crippen molar-refractivity contribution in [3.63, 3.8) is 0 Å². The highest BCUT2D eigenvalue weighted by molar-refractivity contribution is 5.72. The number of rotatable bonds is 3. The van der Waals surface area contributed by atoms with E-state index in [1.54, 1.807) is 0 Å². The van der Waals surface area contributed by atoms with Gasteiger partial charge in [0.1, 0.15) is 18.1 Å². The Morgan fingerprint density at radius 2 is 1.41 bits per heavy atom. The van der Waals surface area contributed by atoms with E-state index < -0.39 is 0 Å². The van der Waals surface area contributed by atoms with Crippen molar-refractivity contribution in [2.75, 3.05) is 0 Å². The molecule has 0 aliphatic carbocycles. The molecule has 0 unspecified atom stereocenters. The second kappa shape index (κ2) is 6.88. The van der Waals surface area contributed by atoms with Gasteiger partial charge in [0.05, 0.1) is 12.6 Å². The molecule has 0 saturated heterocycles. The average molecular weight is 353 g/mol. The van der Waals surface area contributed by atoms with Crippen LogP contribution in [-0.2, 0) is 7.05 Å². The fraction of sp³-hybridized carbons (Fsp3) is 0.160. The number of hydrogen-bond acceptors (Lipinski definition) is 0. The predicted octanol–water partition coefficient (Wildman–Crippen LogP) is 5.56. The molecule has 1 heterocycles. The summed E-state index contributed by atoms with van der Waals surface area (Å²) in [5.41, 5.74) is 8.84. The number of hydrogen-bond donors (Lipinski definition) is 0. The number of imidazole rings is 1. The van der Waals surface area contributed by atoms with Crippen molar-refractivity contribution in [3.8, 4) is 28.2 Å². The maximum atomic E-state index is 2.32. The Balaban J connectivity index is 1.95. The van der Waals surface area contributed by atoms with E-state index in [0.717, 1.165) is 0 Å². The van der Waals surface area contributed by atoms with Crippen molar-refractivity contribution in [1.29, 1.82) is 0 Å². The number of nitrogens with zero attached hydrogens (tertiary/aromatic N) is 2. The van der Waals surface area contributed by atoms with Crippen molar-refractivity contribution in [2.45, 2.75) is 20.8 Å². The predicted molar refractivity (Wildman–Crippen MR) is 112 cm³/mol. The monoisotopic (exact) mass is 353 g/mol. The molecule has 1 aromatic heterocycles. The summed E-state index contributed by atoms with van der Waals surface area (Å²) in [6, 6.07) is 23.8. The highest BCUT2D eigenvalue weighted by Crippen LogP contribution is 2.30. The van der Waals surface area contributed by atoms with E-state index in [-0.39, 0.29) is 0 Å². The third-order valence-electron chi connectivity index (χ3n) is 5.27. The fourth-order valence-corrected chi connectivity index (χ4v) is 3.84. The maximum absolute atomic E-state index is 2.32. The van der Waals surface area contributed by atoms with Crippen LogP contribution in [0.4, 0.5) is 0 Å². The van der Waals surface area contributed by atoms with Crippen LogP contribution < -0.4 is 4.57 Å². The quantitative estimate of drug-likeness (QED) is 0.426. The number of aromatic nitrogens is 2. The number of aryl methyl sites for hydroxylation is 4. The first-order valence-corrected chi connectivity index (χ1v) is 9.36. The molecule has 0 fully saturated rings. The van der Waals surface area contributed by atoms with Gasteiger partial charge in [-0.15, -0.1) is 0 Å². The van der Waals surface area contributed by atoms with Crippen molar-refractivity contribution < 1.29 is 4.57 Å². The molecule has 0 bridgehead atoms. The van der Waals surface area contributed by atoms with Gasteiger partial charge in [-0.05, 0) is 54.7 Å². The molecule has 0 atom stereocenters. The van der Waals surface area contributed by atoms with Gasteiger partial charge in [0.2, 0.25) is 0 Å². The average Bonchev–Trinajstić information content (AvgIpc) is 3.04. The molecule has 4 aromatic rings. The van der Waals surface area contributed by atoms with Crippen molar-refractivity contribution in [2.24, 2.45) is 7.05 Å². The molecule has 3 aromatic carbocycles. The van der Waals surface area contributed by atoms with Crippen LogP contribution in [0.25, 0.3) is 28.2 Å². The van der Waals surface area contributed by atoms with E-state index in [1.807, 2.05) is 0 Å². The summed E-state index contributed by atoms with van der Waals surface area (Å²) in [6.45, 7) is 6.55. The third kappa shape index (κ3) is 3.08. The normalized spacial score (nSPS) is 11.0. The lowest BCUT2D eigenvalue weighted by molar-refractivity contribution is -0.659. The van der Waals surface area contributed by atoms with Crippen LogP contribution in [0.15, 0.2) is 79.1 Å². The molecular weight excluding hydrogens is 328 g/mol. The van der Waals surface area contributed by atoms with Gasteiger partial charge >= 0.3 is 0 Å². The Bertz CT molecular complexity index is 1080. The molecule has 0 aliphatic rings. The smallest absolute Gasteiger partial charge is 0.232 e. The van der Waals surface area contributed by atoms with Gasteiger partial charge in [-0.25, -0.2) is 4.57 Å². The molecular formula is C25H25N2+. The molecule has 134 valence electrons. The van der Waals surface area contributed by atoms with Gasteiger partial charge in [-0.2, -0.15) is 4.57 Å². The number of para-hydroxylation sites is 1. The first-order chi connectivity index (χ1) is 13.1. The summed E-state index contributed by atoms with van der Waals surface area (Å²) < 4.78 is 4.53. The van der Waals surface area contributed by atoms with E-state index in [0.29, 0.717) is 0 Å². The Hall–Kier alpha value is -3.13. The molecule has 2 heteroatoms. The molecule has 0 spiro atoms. The standard InChI is InChI=1S/C25H25N2/c1-18-13-14-22(21-11-6-5-7-12-21)17-23(18)25-26(4)15-16-27(25)24-19(2)9-8-10-20(24)3/h5-17H,1-4H3/q+1. The zero-order valence-corrected chi connectivity index (χ0v) is 16.4. The number of benzene rings is 3. The van der Waals surface area contributed by atoms with Gasteiger partial charge < -0.3 is 0 Å². The largest absolute Gasteiger partial charge is 0.294 e. The highest BCUT2D eigenvalue weighted by Gasteiger charge is 2.23. The Labute approximate surface area is 161 Å². The van der Waals surface area contributed by atoms with Crippen LogP contribution in [-0.4, -0.2) is 4.57 Å². The maximum Gasteiger partial charge on any atom is 0.294 e. The molecule has 0 aliphatic heterocycles. The molecule has 27 heavy (non-hydrogen) atoms. The van der Waals surface area contributed by atoms with E-state index in [9.17, 15) is 0 Å². The lowest BCUT2D eigenvalue weighted by Crippen LogP contribution is -2.29. The first kappa shape index (κ1) is 17.3. The van der Waals surface area contributed by atoms with E-state index >= 15 is 0 Å². The first-order valence-electron chi connectivity index (χ1n) is 9.36.